The highest BCUT2D eigenvalue weighted by atomic mass is 16.3. The molecule has 4 nitrogen and oxygen atoms in total. The Morgan fingerprint density at radius 2 is 0.862 bits per heavy atom. The molecular weight excluding hydrogens is 707 g/mol. The van der Waals surface area contributed by atoms with Gasteiger partial charge in [0.05, 0.1) is 0 Å². The van der Waals surface area contributed by atoms with Gasteiger partial charge in [-0.1, -0.05) is 166 Å². The Balaban J connectivity index is 1.00. The van der Waals surface area contributed by atoms with Crippen molar-refractivity contribution in [1.82, 2.24) is 15.0 Å². The molecule has 2 heterocycles. The van der Waals surface area contributed by atoms with Crippen LogP contribution in [0, 0.1) is 0 Å². The molecule has 0 N–H and O–H groups in total. The first-order chi connectivity index (χ1) is 28.5. The van der Waals surface area contributed by atoms with E-state index in [0.717, 1.165) is 55.3 Å². The van der Waals surface area contributed by atoms with Crippen LogP contribution < -0.4 is 0 Å². The summed E-state index contributed by atoms with van der Waals surface area (Å²) in [6.07, 6.45) is 0. The highest BCUT2D eigenvalue weighted by molar-refractivity contribution is 6.13. The molecule has 1 aliphatic rings. The molecule has 0 atom stereocenters. The van der Waals surface area contributed by atoms with Gasteiger partial charge < -0.3 is 4.42 Å². The second kappa shape index (κ2) is 13.4. The topological polar surface area (TPSA) is 51.8 Å². The molecule has 0 unspecified atom stereocenters. The Morgan fingerprint density at radius 1 is 0.345 bits per heavy atom. The molecule has 1 aliphatic carbocycles. The molecular formula is C54H37N3O. The lowest BCUT2D eigenvalue weighted by Gasteiger charge is -2.22. The summed E-state index contributed by atoms with van der Waals surface area (Å²) in [5.41, 5.74) is 16.5. The van der Waals surface area contributed by atoms with Crippen molar-refractivity contribution < 1.29 is 4.42 Å². The van der Waals surface area contributed by atoms with E-state index >= 15 is 0 Å². The highest BCUT2D eigenvalue weighted by Gasteiger charge is 2.35. The molecule has 0 saturated heterocycles. The van der Waals surface area contributed by atoms with E-state index in [4.69, 9.17) is 19.4 Å². The van der Waals surface area contributed by atoms with E-state index < -0.39 is 0 Å². The Labute approximate surface area is 337 Å². The lowest BCUT2D eigenvalue weighted by molar-refractivity contribution is 0.660. The van der Waals surface area contributed by atoms with Gasteiger partial charge in [0.2, 0.25) is 0 Å². The van der Waals surface area contributed by atoms with Crippen molar-refractivity contribution in [1.29, 1.82) is 0 Å². The second-order valence-electron chi connectivity index (χ2n) is 15.6. The van der Waals surface area contributed by atoms with Crippen LogP contribution >= 0.6 is 0 Å². The minimum absolute atomic E-state index is 0.0802. The van der Waals surface area contributed by atoms with Gasteiger partial charge in [0, 0.05) is 32.9 Å². The molecule has 10 aromatic rings. The third kappa shape index (κ3) is 5.64. The molecule has 11 rings (SSSR count). The molecule has 0 spiro atoms. The SMILES string of the molecule is CC1(C)c2ccccc2-c2ccc(-c3cccc(-c4nc(-c5ccccc5)nc(-c5ccc6c(c5)oc5cccc(-c7cccc(-c8ccccc8)c7)c56)n4)c3)cc21. The van der Waals surface area contributed by atoms with E-state index in [-0.39, 0.29) is 5.41 Å². The quantitative estimate of drug-likeness (QED) is 0.170. The van der Waals surface area contributed by atoms with Crippen LogP contribution in [0.1, 0.15) is 25.0 Å². The first-order valence-electron chi connectivity index (χ1n) is 19.8. The zero-order chi connectivity index (χ0) is 38.8. The summed E-state index contributed by atoms with van der Waals surface area (Å²) >= 11 is 0. The first kappa shape index (κ1) is 33.9. The standard InChI is InChI=1S/C54H37N3O/c1-54(2)46-24-10-9-22-43(46)44-28-26-38(32-47(44)54)37-19-12-21-40(31-37)52-55-51(35-16-7-4-8-17-35)56-53(57-52)41-27-29-45-49(33-41)58-48-25-13-23-42(50(45)48)39-20-11-18-36(30-39)34-14-5-3-6-15-34/h3-33H,1-2H3. The van der Waals surface area contributed by atoms with Crippen LogP contribution in [-0.2, 0) is 5.41 Å². The zero-order valence-electron chi connectivity index (χ0n) is 32.1. The van der Waals surface area contributed by atoms with Crippen LogP contribution in [0.2, 0.25) is 0 Å². The molecule has 0 bridgehead atoms. The minimum atomic E-state index is -0.0802. The number of furan rings is 1. The number of fused-ring (bicyclic) bond motifs is 6. The van der Waals surface area contributed by atoms with Crippen LogP contribution in [-0.4, -0.2) is 15.0 Å². The molecule has 58 heavy (non-hydrogen) atoms. The highest BCUT2D eigenvalue weighted by Crippen LogP contribution is 2.49. The smallest absolute Gasteiger partial charge is 0.164 e. The lowest BCUT2D eigenvalue weighted by Crippen LogP contribution is -2.14. The third-order valence-corrected chi connectivity index (χ3v) is 11.7. The summed E-state index contributed by atoms with van der Waals surface area (Å²) in [4.78, 5) is 15.3. The molecule has 0 amide bonds. The molecule has 4 heteroatoms. The van der Waals surface area contributed by atoms with E-state index in [1.807, 2.05) is 42.5 Å². The van der Waals surface area contributed by atoms with Gasteiger partial charge in [-0.3, -0.25) is 0 Å². The number of nitrogens with zero attached hydrogens (tertiary/aromatic N) is 3. The summed E-state index contributed by atoms with van der Waals surface area (Å²) in [5.74, 6) is 1.82. The predicted molar refractivity (Wildman–Crippen MR) is 237 cm³/mol. The molecule has 2 aromatic heterocycles. The fraction of sp³-hybridized carbons (Fsp3) is 0.0556. The third-order valence-electron chi connectivity index (χ3n) is 11.7. The number of hydrogen-bond acceptors (Lipinski definition) is 4. The van der Waals surface area contributed by atoms with Crippen molar-refractivity contribution >= 4 is 21.9 Å². The maximum atomic E-state index is 6.58. The summed E-state index contributed by atoms with van der Waals surface area (Å²) in [6.45, 7) is 4.64. The number of hydrogen-bond donors (Lipinski definition) is 0. The fourth-order valence-electron chi connectivity index (χ4n) is 8.77. The number of aromatic nitrogens is 3. The molecule has 0 fully saturated rings. The maximum Gasteiger partial charge on any atom is 0.164 e. The average Bonchev–Trinajstić information content (AvgIpc) is 3.78. The average molecular weight is 744 g/mol. The van der Waals surface area contributed by atoms with Crippen molar-refractivity contribution in [3.8, 4) is 78.7 Å². The van der Waals surface area contributed by atoms with Crippen molar-refractivity contribution in [3.05, 3.63) is 199 Å². The largest absolute Gasteiger partial charge is 0.456 e. The molecule has 0 aliphatic heterocycles. The Hall–Kier alpha value is -7.43. The molecule has 0 saturated carbocycles. The Bertz CT molecular complexity index is 3200. The van der Waals surface area contributed by atoms with Gasteiger partial charge in [-0.05, 0) is 92.0 Å². The number of benzene rings is 8. The summed E-state index contributed by atoms with van der Waals surface area (Å²) in [6, 6.07) is 66.1. The van der Waals surface area contributed by atoms with Crippen LogP contribution in [0.3, 0.4) is 0 Å². The first-order valence-corrected chi connectivity index (χ1v) is 19.8. The van der Waals surface area contributed by atoms with Crippen LogP contribution in [0.25, 0.3) is 101 Å². The van der Waals surface area contributed by atoms with Crippen LogP contribution in [0.4, 0.5) is 0 Å². The van der Waals surface area contributed by atoms with Gasteiger partial charge in [0.25, 0.3) is 0 Å². The molecule has 8 aromatic carbocycles. The van der Waals surface area contributed by atoms with E-state index in [9.17, 15) is 0 Å². The van der Waals surface area contributed by atoms with Crippen molar-refractivity contribution in [2.24, 2.45) is 0 Å². The normalized spacial score (nSPS) is 12.8. The van der Waals surface area contributed by atoms with E-state index in [1.54, 1.807) is 0 Å². The van der Waals surface area contributed by atoms with Crippen LogP contribution in [0.15, 0.2) is 192 Å². The monoisotopic (exact) mass is 743 g/mol. The Morgan fingerprint density at radius 3 is 1.64 bits per heavy atom. The van der Waals surface area contributed by atoms with Gasteiger partial charge in [0.15, 0.2) is 17.5 Å². The summed E-state index contributed by atoms with van der Waals surface area (Å²) < 4.78 is 6.58. The van der Waals surface area contributed by atoms with Gasteiger partial charge in [-0.2, -0.15) is 0 Å². The van der Waals surface area contributed by atoms with Gasteiger partial charge in [0.1, 0.15) is 11.2 Å². The molecule has 274 valence electrons. The van der Waals surface area contributed by atoms with E-state index in [1.165, 1.54) is 38.9 Å². The Kier molecular flexibility index (Phi) is 7.80. The van der Waals surface area contributed by atoms with Crippen molar-refractivity contribution in [2.45, 2.75) is 19.3 Å². The van der Waals surface area contributed by atoms with Crippen molar-refractivity contribution in [3.63, 3.8) is 0 Å². The van der Waals surface area contributed by atoms with Gasteiger partial charge in [-0.25, -0.2) is 15.0 Å². The lowest BCUT2D eigenvalue weighted by atomic mass is 9.81. The van der Waals surface area contributed by atoms with Crippen molar-refractivity contribution in [2.75, 3.05) is 0 Å². The zero-order valence-corrected chi connectivity index (χ0v) is 32.1. The van der Waals surface area contributed by atoms with Gasteiger partial charge in [-0.15, -0.1) is 0 Å². The minimum Gasteiger partial charge on any atom is -0.456 e. The predicted octanol–water partition coefficient (Wildman–Crippen LogP) is 14.1. The summed E-state index contributed by atoms with van der Waals surface area (Å²) in [7, 11) is 0. The molecule has 0 radical (unpaired) electrons. The van der Waals surface area contributed by atoms with Gasteiger partial charge >= 0.3 is 0 Å². The van der Waals surface area contributed by atoms with E-state index in [0.29, 0.717) is 17.5 Å². The maximum absolute atomic E-state index is 6.58. The fourth-order valence-corrected chi connectivity index (χ4v) is 8.77. The second-order valence-corrected chi connectivity index (χ2v) is 15.6. The summed E-state index contributed by atoms with van der Waals surface area (Å²) in [5, 5.41) is 2.14. The van der Waals surface area contributed by atoms with E-state index in [2.05, 4.69) is 159 Å². The number of rotatable bonds is 6. The van der Waals surface area contributed by atoms with Crippen LogP contribution in [0.5, 0.6) is 0 Å².